The SMILES string of the molecule is Cc1cccc(S(=O)(=O)N[C@@H]2CCC(F)(F)c3ccc(N(Cc4nccn4C)C(=O)[C@@H]4C[C@H]4c4ccccc4)cc32)c1. The van der Waals surface area contributed by atoms with Crippen molar-refractivity contribution in [3.8, 4) is 0 Å². The summed E-state index contributed by atoms with van der Waals surface area (Å²) in [5, 5.41) is 0. The van der Waals surface area contributed by atoms with E-state index >= 15 is 8.78 Å². The smallest absolute Gasteiger partial charge is 0.273 e. The van der Waals surface area contributed by atoms with Crippen LogP contribution in [-0.2, 0) is 34.3 Å². The number of fused-ring (bicyclic) bond motifs is 1. The van der Waals surface area contributed by atoms with Gasteiger partial charge in [0.1, 0.15) is 5.82 Å². The molecule has 0 saturated heterocycles. The summed E-state index contributed by atoms with van der Waals surface area (Å²) in [4.78, 5) is 20.0. The summed E-state index contributed by atoms with van der Waals surface area (Å²) in [6.07, 6.45) is 3.55. The van der Waals surface area contributed by atoms with Crippen LogP contribution < -0.4 is 9.62 Å². The molecule has 1 aromatic heterocycles. The number of alkyl halides is 2. The van der Waals surface area contributed by atoms with Crippen LogP contribution in [0.2, 0.25) is 0 Å². The minimum atomic E-state index is -3.99. The van der Waals surface area contributed by atoms with Gasteiger partial charge in [-0.25, -0.2) is 26.9 Å². The normalized spacial score (nSPS) is 21.0. The van der Waals surface area contributed by atoms with E-state index in [0.29, 0.717) is 17.9 Å². The number of benzene rings is 3. The highest BCUT2D eigenvalue weighted by Crippen LogP contribution is 2.50. The molecule has 2 aliphatic carbocycles. The summed E-state index contributed by atoms with van der Waals surface area (Å²) in [5.74, 6) is -2.77. The molecule has 1 heterocycles. The number of rotatable bonds is 8. The first-order valence-corrected chi connectivity index (χ1v) is 15.5. The number of nitrogens with one attached hydrogen (secondary N) is 1. The number of amides is 1. The lowest BCUT2D eigenvalue weighted by molar-refractivity contribution is -0.120. The highest BCUT2D eigenvalue weighted by atomic mass is 32.2. The van der Waals surface area contributed by atoms with Gasteiger partial charge in [-0.1, -0.05) is 48.5 Å². The second-order valence-corrected chi connectivity index (χ2v) is 13.0. The summed E-state index contributed by atoms with van der Waals surface area (Å²) in [7, 11) is -2.16. The van der Waals surface area contributed by atoms with Gasteiger partial charge >= 0.3 is 0 Å². The van der Waals surface area contributed by atoms with Gasteiger partial charge in [0.15, 0.2) is 0 Å². The molecule has 3 atom stereocenters. The van der Waals surface area contributed by atoms with Gasteiger partial charge in [0.25, 0.3) is 5.92 Å². The van der Waals surface area contributed by atoms with E-state index in [2.05, 4.69) is 9.71 Å². The lowest BCUT2D eigenvalue weighted by Gasteiger charge is -2.33. The largest absolute Gasteiger partial charge is 0.337 e. The number of carbonyl (C=O) groups is 1. The van der Waals surface area contributed by atoms with Crippen LogP contribution in [0.25, 0.3) is 0 Å². The van der Waals surface area contributed by atoms with Crippen LogP contribution in [-0.4, -0.2) is 23.9 Å². The molecule has 0 bridgehead atoms. The van der Waals surface area contributed by atoms with Gasteiger partial charge in [-0.2, -0.15) is 0 Å². The summed E-state index contributed by atoms with van der Waals surface area (Å²) < 4.78 is 61.3. The van der Waals surface area contributed by atoms with Gasteiger partial charge in [0.05, 0.1) is 11.4 Å². The van der Waals surface area contributed by atoms with Crippen molar-refractivity contribution in [1.82, 2.24) is 14.3 Å². The van der Waals surface area contributed by atoms with Gasteiger partial charge < -0.3 is 9.47 Å². The van der Waals surface area contributed by atoms with Crippen LogP contribution in [0.4, 0.5) is 14.5 Å². The Bertz CT molecular complexity index is 1740. The Kier molecular flexibility index (Phi) is 7.22. The van der Waals surface area contributed by atoms with Crippen molar-refractivity contribution < 1.29 is 22.0 Å². The predicted molar refractivity (Wildman–Crippen MR) is 155 cm³/mol. The van der Waals surface area contributed by atoms with Crippen molar-refractivity contribution in [2.24, 2.45) is 13.0 Å². The number of imidazole rings is 1. The number of aryl methyl sites for hydroxylation is 2. The highest BCUT2D eigenvalue weighted by molar-refractivity contribution is 7.89. The third kappa shape index (κ3) is 5.48. The standard InChI is InChI=1S/C32H32F2N4O3S/c1-21-7-6-10-24(17-21)42(40,41)36-29-13-14-32(33,34)28-12-11-23(18-27(28)29)38(20-30-35-15-16-37(30)2)31(39)26-19-25(26)22-8-4-3-5-9-22/h3-12,15-18,25-26,29,36H,13-14,19-20H2,1-2H3/t25-,26+,29+/m0/s1. The minimum absolute atomic E-state index is 0.0739. The van der Waals surface area contributed by atoms with Crippen LogP contribution >= 0.6 is 0 Å². The molecule has 0 spiro atoms. The molecule has 1 amide bonds. The topological polar surface area (TPSA) is 84.3 Å². The van der Waals surface area contributed by atoms with E-state index in [4.69, 9.17) is 0 Å². The van der Waals surface area contributed by atoms with Crippen LogP contribution in [0.15, 0.2) is 90.1 Å². The van der Waals surface area contributed by atoms with E-state index in [0.717, 1.165) is 11.1 Å². The summed E-state index contributed by atoms with van der Waals surface area (Å²) in [6, 6.07) is 19.8. The van der Waals surface area contributed by atoms with Crippen LogP contribution in [0.3, 0.4) is 0 Å². The van der Waals surface area contributed by atoms with Gasteiger partial charge in [0.2, 0.25) is 15.9 Å². The van der Waals surface area contributed by atoms with Gasteiger partial charge in [-0.3, -0.25) is 4.79 Å². The number of hydrogen-bond acceptors (Lipinski definition) is 4. The average Bonchev–Trinajstić information content (AvgIpc) is 3.68. The van der Waals surface area contributed by atoms with E-state index in [-0.39, 0.29) is 46.7 Å². The van der Waals surface area contributed by atoms with Crippen molar-refractivity contribution in [1.29, 1.82) is 0 Å². The Balaban J connectivity index is 1.36. The molecule has 218 valence electrons. The van der Waals surface area contributed by atoms with Crippen molar-refractivity contribution in [3.05, 3.63) is 113 Å². The number of sulfonamides is 1. The monoisotopic (exact) mass is 590 g/mol. The third-order valence-electron chi connectivity index (χ3n) is 8.28. The van der Waals surface area contributed by atoms with E-state index in [9.17, 15) is 13.2 Å². The van der Waals surface area contributed by atoms with E-state index in [1.165, 1.54) is 18.2 Å². The molecule has 7 nitrogen and oxygen atoms in total. The molecular weight excluding hydrogens is 558 g/mol. The molecule has 1 saturated carbocycles. The number of carbonyl (C=O) groups excluding carboxylic acids is 1. The zero-order valence-corrected chi connectivity index (χ0v) is 24.2. The lowest BCUT2D eigenvalue weighted by atomic mass is 9.85. The van der Waals surface area contributed by atoms with Crippen LogP contribution in [0, 0.1) is 12.8 Å². The molecule has 42 heavy (non-hydrogen) atoms. The van der Waals surface area contributed by atoms with E-state index < -0.39 is 28.4 Å². The fourth-order valence-corrected chi connectivity index (χ4v) is 7.19. The first kappa shape index (κ1) is 28.2. The molecule has 4 aromatic rings. The molecule has 0 aliphatic heterocycles. The zero-order chi connectivity index (χ0) is 29.6. The molecule has 0 radical (unpaired) electrons. The maximum Gasteiger partial charge on any atom is 0.273 e. The molecule has 10 heteroatoms. The third-order valence-corrected chi connectivity index (χ3v) is 9.75. The molecular formula is C32H32F2N4O3S. The minimum Gasteiger partial charge on any atom is -0.337 e. The van der Waals surface area contributed by atoms with Gasteiger partial charge in [-0.05, 0) is 66.6 Å². The number of nitrogens with zero attached hydrogens (tertiary/aromatic N) is 3. The van der Waals surface area contributed by atoms with Crippen LogP contribution in [0.5, 0.6) is 0 Å². The maximum atomic E-state index is 15.1. The molecule has 1 N–H and O–H groups in total. The summed E-state index contributed by atoms with van der Waals surface area (Å²) in [5.41, 5.74) is 2.23. The number of anilines is 1. The molecule has 0 unspecified atom stereocenters. The van der Waals surface area contributed by atoms with Crippen molar-refractivity contribution >= 4 is 21.6 Å². The maximum absolute atomic E-state index is 15.1. The van der Waals surface area contributed by atoms with Crippen LogP contribution in [0.1, 0.15) is 59.3 Å². The quantitative estimate of drug-likeness (QED) is 0.274. The summed E-state index contributed by atoms with van der Waals surface area (Å²) >= 11 is 0. The molecule has 2 aliphatic rings. The molecule has 3 aromatic carbocycles. The van der Waals surface area contributed by atoms with Crippen molar-refractivity contribution in [2.75, 3.05) is 4.90 Å². The highest BCUT2D eigenvalue weighted by Gasteiger charge is 2.47. The first-order chi connectivity index (χ1) is 20.0. The lowest BCUT2D eigenvalue weighted by Crippen LogP contribution is -2.36. The Labute approximate surface area is 244 Å². The number of aromatic nitrogens is 2. The van der Waals surface area contributed by atoms with Gasteiger partial charge in [0, 0.05) is 49.1 Å². The van der Waals surface area contributed by atoms with Crippen molar-refractivity contribution in [2.45, 2.75) is 55.5 Å². The second-order valence-electron chi connectivity index (χ2n) is 11.2. The van der Waals surface area contributed by atoms with E-state index in [1.54, 1.807) is 48.5 Å². The molecule has 1 fully saturated rings. The van der Waals surface area contributed by atoms with Gasteiger partial charge in [-0.15, -0.1) is 0 Å². The zero-order valence-electron chi connectivity index (χ0n) is 23.4. The molecule has 6 rings (SSSR count). The Morgan fingerprint density at radius 1 is 1.10 bits per heavy atom. The number of halogens is 2. The number of hydrogen-bond donors (Lipinski definition) is 1. The average molecular weight is 591 g/mol. The fraction of sp³-hybridized carbons (Fsp3) is 0.312. The van der Waals surface area contributed by atoms with E-state index in [1.807, 2.05) is 41.9 Å². The first-order valence-electron chi connectivity index (χ1n) is 14.0. The Morgan fingerprint density at radius 2 is 1.88 bits per heavy atom. The summed E-state index contributed by atoms with van der Waals surface area (Å²) in [6.45, 7) is 1.94. The Hall–Kier alpha value is -3.89. The predicted octanol–water partition coefficient (Wildman–Crippen LogP) is 5.97. The van der Waals surface area contributed by atoms with Crippen molar-refractivity contribution in [3.63, 3.8) is 0 Å². The fourth-order valence-electron chi connectivity index (χ4n) is 5.84. The Morgan fingerprint density at radius 3 is 2.60 bits per heavy atom. The second kappa shape index (κ2) is 10.7.